The summed E-state index contributed by atoms with van der Waals surface area (Å²) in [6.07, 6.45) is 0.851. The van der Waals surface area contributed by atoms with Crippen molar-refractivity contribution in [2.24, 2.45) is 0 Å². The molecule has 1 N–H and O–H groups in total. The first kappa shape index (κ1) is 17.1. The maximum Gasteiger partial charge on any atom is 0.257 e. The zero-order valence-electron chi connectivity index (χ0n) is 14.2. The van der Waals surface area contributed by atoms with Crippen LogP contribution in [0.4, 0.5) is 5.13 Å². The Labute approximate surface area is 149 Å². The zero-order chi connectivity index (χ0) is 17.8. The van der Waals surface area contributed by atoms with Crippen molar-refractivity contribution < 1.29 is 14.1 Å². The summed E-state index contributed by atoms with van der Waals surface area (Å²) < 4.78 is 10.4. The Morgan fingerprint density at radius 2 is 2.00 bits per heavy atom. The monoisotopic (exact) mass is 358 g/mol. The number of thiazole rings is 1. The Hall–Kier alpha value is -2.74. The van der Waals surface area contributed by atoms with Gasteiger partial charge in [-0.3, -0.25) is 10.1 Å². The van der Waals surface area contributed by atoms with E-state index in [1.807, 2.05) is 13.8 Å². The number of hydrogen-bond donors (Lipinski definition) is 1. The molecule has 0 bridgehead atoms. The van der Waals surface area contributed by atoms with Gasteiger partial charge in [0, 0.05) is 17.4 Å². The molecule has 7 nitrogen and oxygen atoms in total. The normalized spacial score (nSPS) is 10.7. The van der Waals surface area contributed by atoms with Gasteiger partial charge in [-0.05, 0) is 37.6 Å². The molecule has 0 unspecified atom stereocenters. The number of benzene rings is 1. The smallest absolute Gasteiger partial charge is 0.257 e. The highest BCUT2D eigenvalue weighted by Gasteiger charge is 2.11. The van der Waals surface area contributed by atoms with Crippen LogP contribution in [0.25, 0.3) is 0 Å². The standard InChI is InChI=1S/C17H18N4O3S/c1-4-14-10(2)25-17(19-14)20-16(22)12-5-7-13(8-6-12)23-9-15-18-11(3)24-21-15/h5-8H,4,9H2,1-3H3,(H,19,20,22). The van der Waals surface area contributed by atoms with Gasteiger partial charge in [0.05, 0.1) is 5.69 Å². The molecule has 25 heavy (non-hydrogen) atoms. The molecule has 3 rings (SSSR count). The summed E-state index contributed by atoms with van der Waals surface area (Å²) in [7, 11) is 0. The van der Waals surface area contributed by atoms with Gasteiger partial charge in [-0.2, -0.15) is 4.98 Å². The Bertz CT molecular complexity index is 870. The molecule has 8 heteroatoms. The fraction of sp³-hybridized carbons (Fsp3) is 0.294. The summed E-state index contributed by atoms with van der Waals surface area (Å²) in [5.41, 5.74) is 1.55. The fourth-order valence-corrected chi connectivity index (χ4v) is 3.13. The lowest BCUT2D eigenvalue weighted by atomic mass is 10.2. The number of carbonyl (C=O) groups is 1. The van der Waals surface area contributed by atoms with E-state index in [0.29, 0.717) is 28.2 Å². The third-order valence-electron chi connectivity index (χ3n) is 3.50. The van der Waals surface area contributed by atoms with E-state index in [4.69, 9.17) is 9.26 Å². The van der Waals surface area contributed by atoms with E-state index in [0.717, 1.165) is 17.0 Å². The van der Waals surface area contributed by atoms with E-state index < -0.39 is 0 Å². The molecular formula is C17H18N4O3S. The summed E-state index contributed by atoms with van der Waals surface area (Å²) in [6.45, 7) is 5.98. The Kier molecular flexibility index (Phi) is 5.08. The molecule has 1 aromatic carbocycles. The second kappa shape index (κ2) is 7.43. The molecule has 0 saturated heterocycles. The zero-order valence-corrected chi connectivity index (χ0v) is 15.0. The Morgan fingerprint density at radius 1 is 1.24 bits per heavy atom. The van der Waals surface area contributed by atoms with Gasteiger partial charge in [0.2, 0.25) is 11.7 Å². The van der Waals surface area contributed by atoms with Gasteiger partial charge in [-0.15, -0.1) is 11.3 Å². The van der Waals surface area contributed by atoms with E-state index in [1.54, 1.807) is 31.2 Å². The highest BCUT2D eigenvalue weighted by Crippen LogP contribution is 2.23. The van der Waals surface area contributed by atoms with Crippen molar-refractivity contribution in [3.63, 3.8) is 0 Å². The lowest BCUT2D eigenvalue weighted by molar-refractivity contribution is 0.102. The highest BCUT2D eigenvalue weighted by atomic mass is 32.1. The van der Waals surface area contributed by atoms with Crippen LogP contribution in [-0.4, -0.2) is 21.0 Å². The summed E-state index contributed by atoms with van der Waals surface area (Å²) in [4.78, 5) is 21.9. The quantitative estimate of drug-likeness (QED) is 0.725. The minimum Gasteiger partial charge on any atom is -0.485 e. The topological polar surface area (TPSA) is 90.1 Å². The Morgan fingerprint density at radius 3 is 2.60 bits per heavy atom. The minimum atomic E-state index is -0.197. The maximum atomic E-state index is 12.3. The Balaban J connectivity index is 1.59. The third kappa shape index (κ3) is 4.21. The van der Waals surface area contributed by atoms with Gasteiger partial charge in [-0.1, -0.05) is 12.1 Å². The van der Waals surface area contributed by atoms with Crippen LogP contribution in [0.3, 0.4) is 0 Å². The van der Waals surface area contributed by atoms with E-state index >= 15 is 0 Å². The predicted molar refractivity (Wildman–Crippen MR) is 94.0 cm³/mol. The van der Waals surface area contributed by atoms with Crippen LogP contribution in [-0.2, 0) is 13.0 Å². The molecule has 0 fully saturated rings. The number of rotatable bonds is 6. The SMILES string of the molecule is CCc1nc(NC(=O)c2ccc(OCc3noc(C)n3)cc2)sc1C. The molecule has 0 radical (unpaired) electrons. The third-order valence-corrected chi connectivity index (χ3v) is 4.43. The highest BCUT2D eigenvalue weighted by molar-refractivity contribution is 7.15. The summed E-state index contributed by atoms with van der Waals surface area (Å²) in [5, 5.41) is 7.21. The first-order valence-electron chi connectivity index (χ1n) is 7.85. The van der Waals surface area contributed by atoms with Gasteiger partial charge in [0.15, 0.2) is 11.7 Å². The van der Waals surface area contributed by atoms with Gasteiger partial charge in [0.25, 0.3) is 5.91 Å². The second-order valence-electron chi connectivity index (χ2n) is 5.37. The average Bonchev–Trinajstić information content (AvgIpc) is 3.18. The van der Waals surface area contributed by atoms with E-state index in [2.05, 4.69) is 20.4 Å². The second-order valence-corrected chi connectivity index (χ2v) is 6.58. The minimum absolute atomic E-state index is 0.197. The van der Waals surface area contributed by atoms with Gasteiger partial charge >= 0.3 is 0 Å². The van der Waals surface area contributed by atoms with E-state index in [1.165, 1.54) is 11.3 Å². The lowest BCUT2D eigenvalue weighted by Crippen LogP contribution is -2.11. The van der Waals surface area contributed by atoms with Crippen molar-refractivity contribution in [2.75, 3.05) is 5.32 Å². The lowest BCUT2D eigenvalue weighted by Gasteiger charge is -2.05. The van der Waals surface area contributed by atoms with Crippen molar-refractivity contribution in [3.8, 4) is 5.75 Å². The molecule has 0 spiro atoms. The first-order valence-corrected chi connectivity index (χ1v) is 8.66. The molecular weight excluding hydrogens is 340 g/mol. The molecule has 2 aromatic heterocycles. The number of nitrogens with one attached hydrogen (secondary N) is 1. The number of anilines is 1. The van der Waals surface area contributed by atoms with Crippen LogP contribution < -0.4 is 10.1 Å². The molecule has 1 amide bonds. The first-order chi connectivity index (χ1) is 12.0. The van der Waals surface area contributed by atoms with Crippen molar-refractivity contribution in [2.45, 2.75) is 33.8 Å². The number of aromatic nitrogens is 3. The summed E-state index contributed by atoms with van der Waals surface area (Å²) in [5.74, 6) is 1.40. The number of nitrogens with zero attached hydrogens (tertiary/aromatic N) is 3. The van der Waals surface area contributed by atoms with Crippen molar-refractivity contribution in [3.05, 3.63) is 52.1 Å². The fourth-order valence-electron chi connectivity index (χ4n) is 2.23. The number of hydrogen-bond acceptors (Lipinski definition) is 7. The molecule has 130 valence electrons. The summed E-state index contributed by atoms with van der Waals surface area (Å²) in [6, 6.07) is 6.86. The maximum absolute atomic E-state index is 12.3. The van der Waals surface area contributed by atoms with Crippen LogP contribution in [0.5, 0.6) is 5.75 Å². The van der Waals surface area contributed by atoms with Gasteiger partial charge in [-0.25, -0.2) is 4.98 Å². The molecule has 0 saturated carbocycles. The van der Waals surface area contributed by atoms with Crippen LogP contribution >= 0.6 is 11.3 Å². The van der Waals surface area contributed by atoms with Crippen LogP contribution in [0.1, 0.15) is 39.6 Å². The van der Waals surface area contributed by atoms with Crippen molar-refractivity contribution in [1.29, 1.82) is 0 Å². The largest absolute Gasteiger partial charge is 0.485 e. The average molecular weight is 358 g/mol. The van der Waals surface area contributed by atoms with E-state index in [-0.39, 0.29) is 12.5 Å². The molecule has 0 aliphatic carbocycles. The number of aryl methyl sites for hydroxylation is 3. The van der Waals surface area contributed by atoms with E-state index in [9.17, 15) is 4.79 Å². The van der Waals surface area contributed by atoms with Crippen LogP contribution in [0.15, 0.2) is 28.8 Å². The van der Waals surface area contributed by atoms with Crippen molar-refractivity contribution >= 4 is 22.4 Å². The van der Waals surface area contributed by atoms with Gasteiger partial charge in [0.1, 0.15) is 5.75 Å². The van der Waals surface area contributed by atoms with Crippen molar-refractivity contribution in [1.82, 2.24) is 15.1 Å². The van der Waals surface area contributed by atoms with Gasteiger partial charge < -0.3 is 9.26 Å². The molecule has 0 atom stereocenters. The van der Waals surface area contributed by atoms with Crippen LogP contribution in [0.2, 0.25) is 0 Å². The molecule has 0 aliphatic rings. The molecule has 2 heterocycles. The molecule has 3 aromatic rings. The van der Waals surface area contributed by atoms with Crippen LogP contribution in [0, 0.1) is 13.8 Å². The number of ether oxygens (including phenoxy) is 1. The molecule has 0 aliphatic heterocycles. The number of carbonyl (C=O) groups excluding carboxylic acids is 1. The summed E-state index contributed by atoms with van der Waals surface area (Å²) >= 11 is 1.48. The predicted octanol–water partition coefficient (Wildman–Crippen LogP) is 3.54. The number of amides is 1.